The van der Waals surface area contributed by atoms with Crippen LogP contribution in [0.25, 0.3) is 0 Å². The topological polar surface area (TPSA) is 29.5 Å². The highest BCUT2D eigenvalue weighted by Gasteiger charge is 2.49. The average Bonchev–Trinajstić information content (AvgIpc) is 2.76. The second kappa shape index (κ2) is 2.73. The molecule has 0 aromatic rings. The number of methoxy groups -OCH3 is 1. The second-order valence-corrected chi connectivity index (χ2v) is 3.79. The molecule has 0 amide bonds. The maximum atomic E-state index is 11.2. The molecule has 1 aliphatic heterocycles. The van der Waals surface area contributed by atoms with Crippen LogP contribution in [0.1, 0.15) is 19.8 Å². The van der Waals surface area contributed by atoms with Gasteiger partial charge in [-0.2, -0.15) is 0 Å². The van der Waals surface area contributed by atoms with Crippen molar-refractivity contribution >= 4 is 5.97 Å². The van der Waals surface area contributed by atoms with Crippen molar-refractivity contribution < 1.29 is 9.53 Å². The van der Waals surface area contributed by atoms with Gasteiger partial charge < -0.3 is 4.74 Å². The first-order chi connectivity index (χ1) is 5.74. The lowest BCUT2D eigenvalue weighted by atomic mass is 10.3. The fourth-order valence-corrected chi connectivity index (χ4v) is 2.22. The van der Waals surface area contributed by atoms with Gasteiger partial charge in [-0.3, -0.25) is 9.69 Å². The minimum Gasteiger partial charge on any atom is -0.468 e. The van der Waals surface area contributed by atoms with Crippen LogP contribution in [0.2, 0.25) is 0 Å². The molecule has 1 aliphatic carbocycles. The summed E-state index contributed by atoms with van der Waals surface area (Å²) < 4.78 is 4.71. The summed E-state index contributed by atoms with van der Waals surface area (Å²) in [5, 5.41) is 0. The number of ether oxygens (including phenoxy) is 1. The van der Waals surface area contributed by atoms with Gasteiger partial charge in [-0.25, -0.2) is 0 Å². The van der Waals surface area contributed by atoms with Gasteiger partial charge in [-0.05, 0) is 32.2 Å². The summed E-state index contributed by atoms with van der Waals surface area (Å²) in [4.78, 5) is 13.5. The molecule has 12 heavy (non-hydrogen) atoms. The third-order valence-electron chi connectivity index (χ3n) is 3.11. The van der Waals surface area contributed by atoms with Crippen molar-refractivity contribution in [3.05, 3.63) is 0 Å². The Morgan fingerprint density at radius 1 is 1.67 bits per heavy atom. The number of hydrogen-bond donors (Lipinski definition) is 0. The largest absolute Gasteiger partial charge is 0.468 e. The fraction of sp³-hybridized carbons (Fsp3) is 0.889. The number of rotatable bonds is 2. The zero-order chi connectivity index (χ0) is 8.72. The Morgan fingerprint density at radius 3 is 2.83 bits per heavy atom. The number of fused-ring (bicyclic) bond motifs is 1. The van der Waals surface area contributed by atoms with Gasteiger partial charge in [0, 0.05) is 6.04 Å². The van der Waals surface area contributed by atoms with Crippen molar-refractivity contribution in [2.75, 3.05) is 13.7 Å². The highest BCUT2D eigenvalue weighted by molar-refractivity contribution is 5.75. The van der Waals surface area contributed by atoms with Crippen molar-refractivity contribution in [3.63, 3.8) is 0 Å². The molecule has 0 aromatic carbocycles. The normalized spacial score (nSPS) is 35.8. The summed E-state index contributed by atoms with van der Waals surface area (Å²) in [5.41, 5.74) is 0. The Hall–Kier alpha value is -0.570. The number of piperidine rings is 1. The summed E-state index contributed by atoms with van der Waals surface area (Å²) in [6, 6.07) is 0.659. The molecule has 3 heteroatoms. The van der Waals surface area contributed by atoms with Gasteiger partial charge in [0.25, 0.3) is 0 Å². The van der Waals surface area contributed by atoms with Crippen LogP contribution in [0, 0.1) is 5.92 Å². The predicted molar refractivity (Wildman–Crippen MR) is 44.7 cm³/mol. The van der Waals surface area contributed by atoms with E-state index in [0.717, 1.165) is 12.5 Å². The van der Waals surface area contributed by atoms with Crippen LogP contribution in [0.15, 0.2) is 0 Å². The standard InChI is InChI=1S/C9H15NO2/c1-6(9(11)12-2)10-4-3-7-5-8(7)10/h6-8H,3-5H2,1-2H3. The lowest BCUT2D eigenvalue weighted by Crippen LogP contribution is -2.39. The van der Waals surface area contributed by atoms with Crippen molar-refractivity contribution in [3.8, 4) is 0 Å². The summed E-state index contributed by atoms with van der Waals surface area (Å²) in [6.07, 6.45) is 2.56. The van der Waals surface area contributed by atoms with Gasteiger partial charge in [-0.15, -0.1) is 0 Å². The third kappa shape index (κ3) is 1.12. The molecule has 1 heterocycles. The highest BCUT2D eigenvalue weighted by atomic mass is 16.5. The van der Waals surface area contributed by atoms with E-state index < -0.39 is 0 Å². The highest BCUT2D eigenvalue weighted by Crippen LogP contribution is 2.45. The molecule has 2 aliphatic rings. The Labute approximate surface area is 72.7 Å². The van der Waals surface area contributed by atoms with Crippen LogP contribution >= 0.6 is 0 Å². The molecule has 0 radical (unpaired) electrons. The Morgan fingerprint density at radius 2 is 2.42 bits per heavy atom. The molecule has 0 bridgehead atoms. The number of likely N-dealkylation sites (tertiary alicyclic amines) is 1. The minimum absolute atomic E-state index is 0.0347. The Bertz CT molecular complexity index is 205. The summed E-state index contributed by atoms with van der Waals surface area (Å²) in [7, 11) is 1.46. The maximum absolute atomic E-state index is 11.2. The van der Waals surface area contributed by atoms with E-state index in [-0.39, 0.29) is 12.0 Å². The number of carbonyl (C=O) groups is 1. The van der Waals surface area contributed by atoms with Crippen molar-refractivity contribution in [2.45, 2.75) is 31.8 Å². The number of carbonyl (C=O) groups excluding carboxylic acids is 1. The van der Waals surface area contributed by atoms with E-state index in [1.807, 2.05) is 6.92 Å². The second-order valence-electron chi connectivity index (χ2n) is 3.79. The maximum Gasteiger partial charge on any atom is 0.322 e. The third-order valence-corrected chi connectivity index (χ3v) is 3.11. The van der Waals surface area contributed by atoms with E-state index in [1.165, 1.54) is 20.0 Å². The van der Waals surface area contributed by atoms with E-state index >= 15 is 0 Å². The van der Waals surface area contributed by atoms with E-state index in [1.54, 1.807) is 0 Å². The minimum atomic E-state index is -0.0949. The van der Waals surface area contributed by atoms with Gasteiger partial charge >= 0.3 is 5.97 Å². The Balaban J connectivity index is 1.95. The molecule has 2 fully saturated rings. The van der Waals surface area contributed by atoms with Crippen molar-refractivity contribution in [1.29, 1.82) is 0 Å². The molecule has 1 saturated carbocycles. The first kappa shape index (κ1) is 8.05. The van der Waals surface area contributed by atoms with Gasteiger partial charge in [0.2, 0.25) is 0 Å². The molecule has 1 saturated heterocycles. The van der Waals surface area contributed by atoms with Gasteiger partial charge in [0.1, 0.15) is 6.04 Å². The molecule has 3 atom stereocenters. The van der Waals surface area contributed by atoms with Crippen LogP contribution in [-0.4, -0.2) is 36.6 Å². The van der Waals surface area contributed by atoms with Gasteiger partial charge in [-0.1, -0.05) is 0 Å². The quantitative estimate of drug-likeness (QED) is 0.568. The van der Waals surface area contributed by atoms with Crippen LogP contribution in [0.3, 0.4) is 0 Å². The molecule has 0 N–H and O–H groups in total. The molecule has 3 unspecified atom stereocenters. The molecule has 0 aromatic heterocycles. The number of nitrogens with zero attached hydrogens (tertiary/aromatic N) is 1. The molecule has 2 rings (SSSR count). The number of esters is 1. The van der Waals surface area contributed by atoms with E-state index in [2.05, 4.69) is 4.90 Å². The van der Waals surface area contributed by atoms with Gasteiger partial charge in [0.15, 0.2) is 0 Å². The molecular weight excluding hydrogens is 154 g/mol. The predicted octanol–water partition coefficient (Wildman–Crippen LogP) is 0.642. The zero-order valence-electron chi connectivity index (χ0n) is 7.62. The first-order valence-electron chi connectivity index (χ1n) is 4.57. The monoisotopic (exact) mass is 169 g/mol. The molecule has 68 valence electrons. The van der Waals surface area contributed by atoms with Crippen LogP contribution in [0.5, 0.6) is 0 Å². The first-order valence-corrected chi connectivity index (χ1v) is 4.57. The Kier molecular flexibility index (Phi) is 1.83. The smallest absolute Gasteiger partial charge is 0.322 e. The molecule has 0 spiro atoms. The molecule has 3 nitrogen and oxygen atoms in total. The fourth-order valence-electron chi connectivity index (χ4n) is 2.22. The molecular formula is C9H15NO2. The van der Waals surface area contributed by atoms with Crippen LogP contribution < -0.4 is 0 Å². The number of hydrogen-bond acceptors (Lipinski definition) is 3. The summed E-state index contributed by atoms with van der Waals surface area (Å²) in [6.45, 7) is 3.01. The van der Waals surface area contributed by atoms with E-state index in [4.69, 9.17) is 4.74 Å². The van der Waals surface area contributed by atoms with Crippen molar-refractivity contribution in [1.82, 2.24) is 4.90 Å². The lowest BCUT2D eigenvalue weighted by molar-refractivity contribution is -0.146. The summed E-state index contributed by atoms with van der Waals surface area (Å²) in [5.74, 6) is 0.791. The van der Waals surface area contributed by atoms with Crippen molar-refractivity contribution in [2.24, 2.45) is 5.92 Å². The van der Waals surface area contributed by atoms with Gasteiger partial charge in [0.05, 0.1) is 7.11 Å². The average molecular weight is 169 g/mol. The van der Waals surface area contributed by atoms with E-state index in [0.29, 0.717) is 6.04 Å². The lowest BCUT2D eigenvalue weighted by Gasteiger charge is -2.23. The zero-order valence-corrected chi connectivity index (χ0v) is 7.62. The van der Waals surface area contributed by atoms with Crippen LogP contribution in [-0.2, 0) is 9.53 Å². The SMILES string of the molecule is COC(=O)C(C)N1CCC2CC21. The van der Waals surface area contributed by atoms with Crippen LogP contribution in [0.4, 0.5) is 0 Å². The summed E-state index contributed by atoms with van der Waals surface area (Å²) >= 11 is 0. The van der Waals surface area contributed by atoms with E-state index in [9.17, 15) is 4.79 Å².